The van der Waals surface area contributed by atoms with E-state index in [4.69, 9.17) is 5.73 Å². The van der Waals surface area contributed by atoms with Crippen LogP contribution >= 0.6 is 0 Å². The molecule has 3 N–H and O–H groups in total. The second-order valence-corrected chi connectivity index (χ2v) is 6.19. The number of carbonyl (C=O) groups excluding carboxylic acids is 1. The number of anilines is 1. The predicted molar refractivity (Wildman–Crippen MR) is 87.0 cm³/mol. The monoisotopic (exact) mass is 289 g/mol. The normalized spacial score (nSPS) is 17.4. The molecule has 0 spiro atoms. The number of amides is 1. The molecule has 4 heteroatoms. The van der Waals surface area contributed by atoms with E-state index in [0.717, 1.165) is 18.7 Å². The third kappa shape index (κ3) is 5.76. The van der Waals surface area contributed by atoms with Crippen LogP contribution in [0.25, 0.3) is 0 Å². The SMILES string of the molecule is CC(CNC(=O)Cc1cccc(N)c1)CN1CCCCC1. The largest absolute Gasteiger partial charge is 0.399 e. The Bertz CT molecular complexity index is 455. The lowest BCUT2D eigenvalue weighted by Gasteiger charge is -2.29. The minimum Gasteiger partial charge on any atom is -0.399 e. The van der Waals surface area contributed by atoms with Crippen LogP contribution in [0.4, 0.5) is 5.69 Å². The van der Waals surface area contributed by atoms with Crippen LogP contribution in [0.1, 0.15) is 31.7 Å². The molecule has 0 aromatic heterocycles. The van der Waals surface area contributed by atoms with Crippen LogP contribution in [-0.2, 0) is 11.2 Å². The van der Waals surface area contributed by atoms with Gasteiger partial charge < -0.3 is 16.0 Å². The maximum Gasteiger partial charge on any atom is 0.224 e. The van der Waals surface area contributed by atoms with Crippen LogP contribution in [0.15, 0.2) is 24.3 Å². The molecule has 1 aliphatic rings. The molecule has 4 nitrogen and oxygen atoms in total. The van der Waals surface area contributed by atoms with Crippen LogP contribution in [0.5, 0.6) is 0 Å². The van der Waals surface area contributed by atoms with Crippen molar-refractivity contribution in [3.63, 3.8) is 0 Å². The third-order valence-corrected chi connectivity index (χ3v) is 3.98. The number of nitrogen functional groups attached to an aromatic ring is 1. The summed E-state index contributed by atoms with van der Waals surface area (Å²) in [5.74, 6) is 0.569. The lowest BCUT2D eigenvalue weighted by molar-refractivity contribution is -0.120. The molecular formula is C17H27N3O. The lowest BCUT2D eigenvalue weighted by atomic mass is 10.1. The molecule has 2 rings (SSSR count). The Morgan fingerprint density at radius 3 is 2.81 bits per heavy atom. The predicted octanol–water partition coefficient (Wildman–Crippen LogP) is 2.05. The van der Waals surface area contributed by atoms with E-state index in [0.29, 0.717) is 18.0 Å². The molecule has 0 bridgehead atoms. The molecular weight excluding hydrogens is 262 g/mol. The van der Waals surface area contributed by atoms with Gasteiger partial charge >= 0.3 is 0 Å². The zero-order valence-corrected chi connectivity index (χ0v) is 13.0. The van der Waals surface area contributed by atoms with E-state index in [2.05, 4.69) is 17.1 Å². The van der Waals surface area contributed by atoms with Gasteiger partial charge in [-0.05, 0) is 49.5 Å². The Labute approximate surface area is 127 Å². The maximum atomic E-state index is 12.0. The van der Waals surface area contributed by atoms with Crippen molar-refractivity contribution >= 4 is 11.6 Å². The van der Waals surface area contributed by atoms with Gasteiger partial charge in [-0.3, -0.25) is 4.79 Å². The van der Waals surface area contributed by atoms with Gasteiger partial charge in [0.05, 0.1) is 6.42 Å². The van der Waals surface area contributed by atoms with E-state index in [9.17, 15) is 4.79 Å². The van der Waals surface area contributed by atoms with Gasteiger partial charge in [0.1, 0.15) is 0 Å². The van der Waals surface area contributed by atoms with Gasteiger partial charge in [-0.1, -0.05) is 25.5 Å². The molecule has 0 aliphatic carbocycles. The van der Waals surface area contributed by atoms with Crippen LogP contribution in [-0.4, -0.2) is 37.0 Å². The molecule has 1 amide bonds. The van der Waals surface area contributed by atoms with Crippen molar-refractivity contribution in [1.82, 2.24) is 10.2 Å². The minimum absolute atomic E-state index is 0.0751. The van der Waals surface area contributed by atoms with E-state index in [1.54, 1.807) is 0 Å². The second kappa shape index (κ2) is 8.03. The Morgan fingerprint density at radius 2 is 2.10 bits per heavy atom. The first-order chi connectivity index (χ1) is 10.1. The fourth-order valence-electron chi connectivity index (χ4n) is 2.89. The third-order valence-electron chi connectivity index (χ3n) is 3.98. The van der Waals surface area contributed by atoms with Crippen molar-refractivity contribution in [2.24, 2.45) is 5.92 Å². The minimum atomic E-state index is 0.0751. The van der Waals surface area contributed by atoms with Gasteiger partial charge in [0.2, 0.25) is 5.91 Å². The van der Waals surface area contributed by atoms with Crippen molar-refractivity contribution in [1.29, 1.82) is 0 Å². The Balaban J connectivity index is 1.68. The van der Waals surface area contributed by atoms with Crippen LogP contribution in [0.2, 0.25) is 0 Å². The zero-order chi connectivity index (χ0) is 15.1. The number of carbonyl (C=O) groups is 1. The summed E-state index contributed by atoms with van der Waals surface area (Å²) in [4.78, 5) is 14.5. The van der Waals surface area contributed by atoms with E-state index >= 15 is 0 Å². The topological polar surface area (TPSA) is 58.4 Å². The Morgan fingerprint density at radius 1 is 1.33 bits per heavy atom. The fourth-order valence-corrected chi connectivity index (χ4v) is 2.89. The number of hydrogen-bond acceptors (Lipinski definition) is 3. The summed E-state index contributed by atoms with van der Waals surface area (Å²) in [6, 6.07) is 7.52. The summed E-state index contributed by atoms with van der Waals surface area (Å²) < 4.78 is 0. The highest BCUT2D eigenvalue weighted by Crippen LogP contribution is 2.11. The van der Waals surface area contributed by atoms with Crippen molar-refractivity contribution in [3.05, 3.63) is 29.8 Å². The summed E-state index contributed by atoms with van der Waals surface area (Å²) in [7, 11) is 0. The summed E-state index contributed by atoms with van der Waals surface area (Å²) in [6.07, 6.45) is 4.40. The molecule has 1 heterocycles. The van der Waals surface area contributed by atoms with E-state index in [1.807, 2.05) is 24.3 Å². The van der Waals surface area contributed by atoms with E-state index < -0.39 is 0 Å². The molecule has 1 atom stereocenters. The zero-order valence-electron chi connectivity index (χ0n) is 13.0. The van der Waals surface area contributed by atoms with Gasteiger partial charge in [0.15, 0.2) is 0 Å². The first-order valence-electron chi connectivity index (χ1n) is 7.97. The number of rotatable bonds is 6. The van der Waals surface area contributed by atoms with Crippen molar-refractivity contribution in [2.75, 3.05) is 31.9 Å². The molecule has 116 valence electrons. The molecule has 1 fully saturated rings. The second-order valence-electron chi connectivity index (χ2n) is 6.19. The highest BCUT2D eigenvalue weighted by molar-refractivity contribution is 5.78. The summed E-state index contributed by atoms with van der Waals surface area (Å²) in [5, 5.41) is 3.03. The Hall–Kier alpha value is -1.55. The van der Waals surface area contributed by atoms with E-state index in [1.165, 1.54) is 32.4 Å². The van der Waals surface area contributed by atoms with Crippen molar-refractivity contribution < 1.29 is 4.79 Å². The number of benzene rings is 1. The van der Waals surface area contributed by atoms with Crippen molar-refractivity contribution in [3.8, 4) is 0 Å². The van der Waals surface area contributed by atoms with Gasteiger partial charge in [0, 0.05) is 18.8 Å². The number of hydrogen-bond donors (Lipinski definition) is 2. The number of nitrogens with zero attached hydrogens (tertiary/aromatic N) is 1. The molecule has 1 saturated heterocycles. The van der Waals surface area contributed by atoms with Crippen LogP contribution in [0, 0.1) is 5.92 Å². The summed E-state index contributed by atoms with van der Waals surface area (Å²) in [5.41, 5.74) is 7.40. The molecule has 0 saturated carbocycles. The quantitative estimate of drug-likeness (QED) is 0.788. The molecule has 21 heavy (non-hydrogen) atoms. The van der Waals surface area contributed by atoms with Crippen LogP contribution in [0.3, 0.4) is 0 Å². The molecule has 1 unspecified atom stereocenters. The number of nitrogens with one attached hydrogen (secondary N) is 1. The average Bonchev–Trinajstić information content (AvgIpc) is 2.46. The highest BCUT2D eigenvalue weighted by Gasteiger charge is 2.14. The maximum absolute atomic E-state index is 12.0. The number of nitrogens with two attached hydrogens (primary N) is 1. The van der Waals surface area contributed by atoms with Crippen LogP contribution < -0.4 is 11.1 Å². The first kappa shape index (κ1) is 15.8. The van der Waals surface area contributed by atoms with E-state index in [-0.39, 0.29) is 5.91 Å². The number of likely N-dealkylation sites (tertiary alicyclic amines) is 1. The fraction of sp³-hybridized carbons (Fsp3) is 0.588. The van der Waals surface area contributed by atoms with Gasteiger partial charge in [0.25, 0.3) is 0 Å². The lowest BCUT2D eigenvalue weighted by Crippen LogP contribution is -2.38. The highest BCUT2D eigenvalue weighted by atomic mass is 16.1. The Kier molecular flexibility index (Phi) is 6.05. The van der Waals surface area contributed by atoms with Crippen molar-refractivity contribution in [2.45, 2.75) is 32.6 Å². The summed E-state index contributed by atoms with van der Waals surface area (Å²) >= 11 is 0. The molecule has 1 aromatic carbocycles. The van der Waals surface area contributed by atoms with Gasteiger partial charge in [-0.2, -0.15) is 0 Å². The van der Waals surface area contributed by atoms with Gasteiger partial charge in [-0.25, -0.2) is 0 Å². The molecule has 0 radical (unpaired) electrons. The first-order valence-corrected chi connectivity index (χ1v) is 7.97. The van der Waals surface area contributed by atoms with Gasteiger partial charge in [-0.15, -0.1) is 0 Å². The molecule has 1 aromatic rings. The standard InChI is InChI=1S/C17H27N3O/c1-14(13-20-8-3-2-4-9-20)12-19-17(21)11-15-6-5-7-16(18)10-15/h5-7,10,14H,2-4,8-9,11-13,18H2,1H3,(H,19,21). The smallest absolute Gasteiger partial charge is 0.224 e. The average molecular weight is 289 g/mol. The molecule has 1 aliphatic heterocycles. The number of piperidine rings is 1. The summed E-state index contributed by atoms with van der Waals surface area (Å²) in [6.45, 7) is 6.45.